The first kappa shape index (κ1) is 40.6. The van der Waals surface area contributed by atoms with E-state index >= 15 is 0 Å². The van der Waals surface area contributed by atoms with Gasteiger partial charge in [0.2, 0.25) is 0 Å². The summed E-state index contributed by atoms with van der Waals surface area (Å²) in [5.41, 5.74) is 2.50. The lowest BCUT2D eigenvalue weighted by Gasteiger charge is -2.48. The molecular weight excluding hydrogens is 716 g/mol. The monoisotopic (exact) mass is 764 g/mol. The summed E-state index contributed by atoms with van der Waals surface area (Å²) in [6.07, 6.45) is -12.0. The Hall–Kier alpha value is -4.09. The minimum absolute atomic E-state index is 0.0902. The Labute approximate surface area is 319 Å². The fraction of sp³-hybridized carbons (Fsp3) is 0.488. The highest BCUT2D eigenvalue weighted by atomic mass is 16.8. The summed E-state index contributed by atoms with van der Waals surface area (Å²) in [5, 5.41) is 11.8. The minimum atomic E-state index is -1.37. The smallest absolute Gasteiger partial charge is 0.313 e. The van der Waals surface area contributed by atoms with Crippen LogP contribution in [0, 0.1) is 0 Å². The number of methoxy groups -OCH3 is 1. The van der Waals surface area contributed by atoms with Gasteiger partial charge in [0.15, 0.2) is 31.1 Å². The van der Waals surface area contributed by atoms with Crippen molar-refractivity contribution in [2.45, 2.75) is 108 Å². The molecule has 14 nitrogen and oxygen atoms in total. The zero-order valence-electron chi connectivity index (χ0n) is 31.0. The lowest BCUT2D eigenvalue weighted by atomic mass is 9.96. The first-order valence-electron chi connectivity index (χ1n) is 18.4. The number of ether oxygens (including phenoxy) is 10. The summed E-state index contributed by atoms with van der Waals surface area (Å²) in [6.45, 7) is 2.87. The van der Waals surface area contributed by atoms with Crippen LogP contribution < -0.4 is 0 Å². The zero-order chi connectivity index (χ0) is 38.7. The van der Waals surface area contributed by atoms with E-state index in [0.717, 1.165) is 16.7 Å². The molecule has 55 heavy (non-hydrogen) atoms. The average molecular weight is 765 g/mol. The van der Waals surface area contributed by atoms with Gasteiger partial charge in [0.25, 0.3) is 0 Å². The third-order valence-corrected chi connectivity index (χ3v) is 9.50. The molecule has 0 radical (unpaired) electrons. The largest absolute Gasteiger partial charge is 0.455 e. The van der Waals surface area contributed by atoms with Crippen LogP contribution in [-0.4, -0.2) is 105 Å². The lowest BCUT2D eigenvalue weighted by Crippen LogP contribution is -2.64. The molecule has 0 saturated carbocycles. The number of esters is 2. The first-order chi connectivity index (χ1) is 26.7. The second-order valence-corrected chi connectivity index (χ2v) is 13.4. The third-order valence-electron chi connectivity index (χ3n) is 9.50. The highest BCUT2D eigenvalue weighted by Crippen LogP contribution is 2.37. The normalized spacial score (nSPS) is 30.5. The third kappa shape index (κ3) is 10.6. The summed E-state index contributed by atoms with van der Waals surface area (Å²) in [6, 6.07) is 28.2. The van der Waals surface area contributed by atoms with Gasteiger partial charge in [-0.15, -0.1) is 0 Å². The van der Waals surface area contributed by atoms with Crippen LogP contribution in [0.15, 0.2) is 91.0 Å². The lowest BCUT2D eigenvalue weighted by molar-refractivity contribution is -0.373. The van der Waals surface area contributed by atoms with Gasteiger partial charge in [0.1, 0.15) is 48.8 Å². The number of carbonyl (C=O) groups excluding carboxylic acids is 3. The van der Waals surface area contributed by atoms with Crippen LogP contribution in [0.4, 0.5) is 0 Å². The number of Topliss-reactive ketones (excluding diaryl/α,β-unsaturated/α-hetero) is 1. The Morgan fingerprint density at radius 1 is 0.727 bits per heavy atom. The van der Waals surface area contributed by atoms with Crippen molar-refractivity contribution < 1.29 is 66.9 Å². The molecule has 1 N–H and O–H groups in total. The first-order valence-corrected chi connectivity index (χ1v) is 18.4. The molecule has 296 valence electrons. The van der Waals surface area contributed by atoms with E-state index in [1.807, 2.05) is 91.0 Å². The van der Waals surface area contributed by atoms with E-state index < -0.39 is 86.1 Å². The molecule has 3 fully saturated rings. The van der Waals surface area contributed by atoms with Crippen molar-refractivity contribution in [1.82, 2.24) is 0 Å². The molecule has 14 heteroatoms. The molecule has 0 spiro atoms. The van der Waals surface area contributed by atoms with E-state index in [0.29, 0.717) is 0 Å². The number of aliphatic hydroxyl groups excluding tert-OH is 1. The summed E-state index contributed by atoms with van der Waals surface area (Å²) in [7, 11) is 1.40. The highest BCUT2D eigenvalue weighted by Gasteiger charge is 2.54. The van der Waals surface area contributed by atoms with Crippen LogP contribution >= 0.6 is 0 Å². The fourth-order valence-electron chi connectivity index (χ4n) is 6.72. The SMILES string of the molecule is CCC(=O)CC(=O)O[C@H]1[C@H](OC(C)=O)[C@@H](OCc2ccccc2)[C@@H](OC)O[C@@H]1CO[C@@H]1O[C@@H]2COC(c3ccccc3)O[C@@H]2[C@H](OCc2ccccc2)[C@H]1O. The van der Waals surface area contributed by atoms with Crippen LogP contribution in [0.25, 0.3) is 0 Å². The van der Waals surface area contributed by atoms with E-state index in [9.17, 15) is 19.5 Å². The predicted octanol–water partition coefficient (Wildman–Crippen LogP) is 3.96. The molecule has 0 aliphatic carbocycles. The van der Waals surface area contributed by atoms with Crippen LogP contribution in [0.1, 0.15) is 49.7 Å². The molecule has 11 atom stereocenters. The van der Waals surface area contributed by atoms with Crippen molar-refractivity contribution >= 4 is 17.7 Å². The van der Waals surface area contributed by atoms with Gasteiger partial charge >= 0.3 is 11.9 Å². The molecule has 1 unspecified atom stereocenters. The predicted molar refractivity (Wildman–Crippen MR) is 192 cm³/mol. The van der Waals surface area contributed by atoms with E-state index in [4.69, 9.17) is 47.4 Å². The summed E-state index contributed by atoms with van der Waals surface area (Å²) < 4.78 is 60.9. The number of benzene rings is 3. The van der Waals surface area contributed by atoms with Crippen molar-refractivity contribution in [2.24, 2.45) is 0 Å². The standard InChI is InChI=1S/C41H48O14/c1-4-29(43)20-32(44)54-35-31(53-41(46-3)38(37(35)51-25(2)42)48-22-27-16-10-6-11-17-27)24-50-40-33(45)36(47-21-26-14-8-5-9-15-26)34-30(52-40)23-49-39(55-34)28-18-12-7-13-19-28/h5-19,30-31,33-41,45H,4,20-24H2,1-3H3/t30-,31-,33-,34+,35-,36-,37+,38-,39?,40-,41+/m1/s1. The topological polar surface area (TPSA) is 164 Å². The van der Waals surface area contributed by atoms with E-state index in [1.165, 1.54) is 14.0 Å². The Balaban J connectivity index is 1.22. The summed E-state index contributed by atoms with van der Waals surface area (Å²) in [5.74, 6) is -1.87. The van der Waals surface area contributed by atoms with Gasteiger partial charge in [0.05, 0.1) is 26.4 Å². The maximum atomic E-state index is 13.1. The van der Waals surface area contributed by atoms with Gasteiger partial charge in [-0.1, -0.05) is 97.9 Å². The maximum absolute atomic E-state index is 13.1. The average Bonchev–Trinajstić information content (AvgIpc) is 3.20. The molecule has 0 bridgehead atoms. The number of rotatable bonds is 16. The molecule has 3 aliphatic heterocycles. The minimum Gasteiger partial charge on any atom is -0.455 e. The van der Waals surface area contributed by atoms with Crippen LogP contribution in [0.3, 0.4) is 0 Å². The molecule has 3 heterocycles. The second kappa shape index (κ2) is 19.7. The Bertz CT molecular complexity index is 1660. The molecule has 6 rings (SSSR count). The fourth-order valence-corrected chi connectivity index (χ4v) is 6.72. The summed E-state index contributed by atoms with van der Waals surface area (Å²) >= 11 is 0. The van der Waals surface area contributed by atoms with Crippen molar-refractivity contribution in [1.29, 1.82) is 0 Å². The molecule has 0 amide bonds. The molecule has 3 aliphatic rings. The van der Waals surface area contributed by atoms with E-state index in [1.54, 1.807) is 6.92 Å². The van der Waals surface area contributed by atoms with Gasteiger partial charge in [-0.3, -0.25) is 14.4 Å². The number of carbonyl (C=O) groups is 3. The van der Waals surface area contributed by atoms with E-state index in [2.05, 4.69) is 0 Å². The molecule has 3 saturated heterocycles. The van der Waals surface area contributed by atoms with Gasteiger partial charge < -0.3 is 52.5 Å². The van der Waals surface area contributed by atoms with Crippen molar-refractivity contribution in [3.63, 3.8) is 0 Å². The van der Waals surface area contributed by atoms with Gasteiger partial charge in [-0.25, -0.2) is 0 Å². The van der Waals surface area contributed by atoms with Crippen molar-refractivity contribution in [3.8, 4) is 0 Å². The molecular formula is C41H48O14. The molecule has 3 aromatic rings. The Kier molecular flexibility index (Phi) is 14.5. The summed E-state index contributed by atoms with van der Waals surface area (Å²) in [4.78, 5) is 37.8. The number of hydrogen-bond acceptors (Lipinski definition) is 14. The zero-order valence-corrected chi connectivity index (χ0v) is 31.0. The van der Waals surface area contributed by atoms with Crippen LogP contribution in [-0.2, 0) is 75.0 Å². The number of aliphatic hydroxyl groups is 1. The Morgan fingerprint density at radius 3 is 1.95 bits per heavy atom. The number of hydrogen-bond donors (Lipinski definition) is 1. The quantitative estimate of drug-likeness (QED) is 0.165. The molecule has 0 aromatic heterocycles. The number of fused-ring (bicyclic) bond motifs is 1. The highest BCUT2D eigenvalue weighted by molar-refractivity contribution is 5.95. The van der Waals surface area contributed by atoms with Gasteiger partial charge in [-0.05, 0) is 11.1 Å². The van der Waals surface area contributed by atoms with Crippen molar-refractivity contribution in [2.75, 3.05) is 20.3 Å². The number of ketones is 1. The van der Waals surface area contributed by atoms with E-state index in [-0.39, 0.29) is 38.6 Å². The maximum Gasteiger partial charge on any atom is 0.313 e. The van der Waals surface area contributed by atoms with Crippen LogP contribution in [0.5, 0.6) is 0 Å². The van der Waals surface area contributed by atoms with Gasteiger partial charge in [0, 0.05) is 26.0 Å². The van der Waals surface area contributed by atoms with Crippen molar-refractivity contribution in [3.05, 3.63) is 108 Å². The Morgan fingerprint density at radius 2 is 1.35 bits per heavy atom. The van der Waals surface area contributed by atoms with Gasteiger partial charge in [-0.2, -0.15) is 0 Å². The van der Waals surface area contributed by atoms with Crippen LogP contribution in [0.2, 0.25) is 0 Å². The molecule has 3 aromatic carbocycles. The second-order valence-electron chi connectivity index (χ2n) is 13.4.